The number of fused-ring (bicyclic) bond motifs is 1. The van der Waals surface area contributed by atoms with E-state index in [0.717, 1.165) is 19.4 Å². The molecule has 1 heterocycles. The molecule has 1 aromatic carbocycles. The fourth-order valence-electron chi connectivity index (χ4n) is 5.57. The van der Waals surface area contributed by atoms with Crippen LogP contribution in [0.3, 0.4) is 0 Å². The average Bonchev–Trinajstić information content (AvgIpc) is 2.57. The molecule has 4 rings (SSSR count). The van der Waals surface area contributed by atoms with Crippen molar-refractivity contribution in [1.82, 2.24) is 4.90 Å². The number of aromatic hydroxyl groups is 1. The molecule has 3 nitrogen and oxygen atoms in total. The Morgan fingerprint density at radius 3 is 2.96 bits per heavy atom. The van der Waals surface area contributed by atoms with Crippen molar-refractivity contribution in [2.45, 2.75) is 56.4 Å². The summed E-state index contributed by atoms with van der Waals surface area (Å²) in [4.78, 5) is 2.48. The van der Waals surface area contributed by atoms with Crippen molar-refractivity contribution < 1.29 is 13.9 Å². The Labute approximate surface area is 142 Å². The first-order valence-electron chi connectivity index (χ1n) is 9.10. The molecule has 3 aliphatic rings. The number of benzene rings is 1. The van der Waals surface area contributed by atoms with Crippen molar-refractivity contribution in [3.63, 3.8) is 0 Å². The molecule has 0 aromatic heterocycles. The topological polar surface area (TPSA) is 35.5 Å². The Hall–Kier alpha value is -1.36. The molecule has 2 N–H and O–H groups in total. The number of likely N-dealkylation sites (tertiary alicyclic amines) is 1. The maximum absolute atomic E-state index is 12.5. The molecule has 0 unspecified atom stereocenters. The van der Waals surface area contributed by atoms with Gasteiger partial charge in [-0.15, -0.1) is 0 Å². The van der Waals surface area contributed by atoms with Crippen LogP contribution in [0.25, 0.3) is 0 Å². The summed E-state index contributed by atoms with van der Waals surface area (Å²) in [5.41, 5.74) is 3.15. The summed E-state index contributed by atoms with van der Waals surface area (Å²) in [5.74, 6) is 0.780. The van der Waals surface area contributed by atoms with Gasteiger partial charge in [0.15, 0.2) is 0 Å². The molecule has 1 aromatic rings. The number of piperidine rings is 1. The summed E-state index contributed by atoms with van der Waals surface area (Å²) >= 11 is 0. The number of likely N-dealkylation sites (N-methyl/N-ethyl adjacent to an activating group) is 1. The van der Waals surface area contributed by atoms with E-state index in [1.54, 1.807) is 0 Å². The zero-order valence-electron chi connectivity index (χ0n) is 14.2. The second-order valence-electron chi connectivity index (χ2n) is 7.81. The molecule has 24 heavy (non-hydrogen) atoms. The van der Waals surface area contributed by atoms with Crippen molar-refractivity contribution >= 4 is 5.69 Å². The van der Waals surface area contributed by atoms with Crippen LogP contribution in [0.15, 0.2) is 12.1 Å². The molecule has 1 aliphatic heterocycles. The van der Waals surface area contributed by atoms with Crippen LogP contribution in [0.5, 0.6) is 5.75 Å². The molecule has 5 heteroatoms. The molecule has 1 saturated heterocycles. The van der Waals surface area contributed by atoms with Crippen LogP contribution in [0, 0.1) is 5.92 Å². The van der Waals surface area contributed by atoms with Gasteiger partial charge in [0.2, 0.25) is 0 Å². The lowest BCUT2D eigenvalue weighted by Crippen LogP contribution is -2.59. The van der Waals surface area contributed by atoms with Gasteiger partial charge in [0.1, 0.15) is 5.75 Å². The second kappa shape index (κ2) is 5.87. The number of phenolic OH excluding ortho intramolecular Hbond substituents is 1. The molecule has 2 fully saturated rings. The highest BCUT2D eigenvalue weighted by Gasteiger charge is 2.53. The maximum Gasteiger partial charge on any atom is 0.255 e. The molecular formula is C19H26F2N2O. The van der Waals surface area contributed by atoms with Gasteiger partial charge in [-0.3, -0.25) is 0 Å². The molecule has 2 aliphatic carbocycles. The van der Waals surface area contributed by atoms with Gasteiger partial charge in [-0.05, 0) is 68.5 Å². The minimum absolute atomic E-state index is 0.116. The lowest BCUT2D eigenvalue weighted by Gasteiger charge is -2.58. The number of alkyl halides is 2. The van der Waals surface area contributed by atoms with Gasteiger partial charge in [0.05, 0.1) is 12.2 Å². The van der Waals surface area contributed by atoms with Crippen LogP contribution in [0.1, 0.15) is 43.2 Å². The van der Waals surface area contributed by atoms with Crippen molar-refractivity contribution in [2.75, 3.05) is 25.5 Å². The largest absolute Gasteiger partial charge is 0.506 e. The van der Waals surface area contributed by atoms with E-state index >= 15 is 0 Å². The highest BCUT2D eigenvalue weighted by Crippen LogP contribution is 2.56. The van der Waals surface area contributed by atoms with E-state index in [-0.39, 0.29) is 11.2 Å². The van der Waals surface area contributed by atoms with Gasteiger partial charge in [-0.25, -0.2) is 8.78 Å². The number of rotatable bonds is 3. The minimum atomic E-state index is -2.42. The predicted molar refractivity (Wildman–Crippen MR) is 91.0 cm³/mol. The van der Waals surface area contributed by atoms with Gasteiger partial charge < -0.3 is 15.3 Å². The summed E-state index contributed by atoms with van der Waals surface area (Å²) in [6.45, 7) is 0.677. The Kier molecular flexibility index (Phi) is 3.94. The van der Waals surface area contributed by atoms with Crippen molar-refractivity contribution in [3.05, 3.63) is 23.3 Å². The minimum Gasteiger partial charge on any atom is -0.506 e. The molecule has 132 valence electrons. The third-order valence-corrected chi connectivity index (χ3v) is 6.67. The zero-order chi connectivity index (χ0) is 16.9. The van der Waals surface area contributed by atoms with Gasteiger partial charge in [0.25, 0.3) is 6.43 Å². The Bertz CT molecular complexity index is 636. The van der Waals surface area contributed by atoms with Crippen LogP contribution >= 0.6 is 0 Å². The fraction of sp³-hybridized carbons (Fsp3) is 0.684. The lowest BCUT2D eigenvalue weighted by molar-refractivity contribution is 0.00276. The summed E-state index contributed by atoms with van der Waals surface area (Å²) < 4.78 is 25.0. The standard InChI is InChI=1S/C19H26F2N2O/c1-23-7-6-19-5-3-2-4-13(19)16(23)9-12-8-15(22-11-18(20)21)17(24)10-14(12)19/h8,10,13,16,18,22,24H,2-7,9,11H2,1H3/t13-,16-,19+/m0/s1. The smallest absolute Gasteiger partial charge is 0.255 e. The normalized spacial score (nSPS) is 32.3. The highest BCUT2D eigenvalue weighted by atomic mass is 19.3. The van der Waals surface area contributed by atoms with Crippen LogP contribution in [0.4, 0.5) is 14.5 Å². The molecule has 2 bridgehead atoms. The number of nitrogens with zero attached hydrogens (tertiary/aromatic N) is 1. The summed E-state index contributed by atoms with van der Waals surface area (Å²) in [6, 6.07) is 4.34. The molecule has 3 atom stereocenters. The number of nitrogens with one attached hydrogen (secondary N) is 1. The Morgan fingerprint density at radius 2 is 2.17 bits per heavy atom. The summed E-state index contributed by atoms with van der Waals surface area (Å²) in [7, 11) is 2.21. The van der Waals surface area contributed by atoms with E-state index in [9.17, 15) is 13.9 Å². The highest BCUT2D eigenvalue weighted by molar-refractivity contribution is 5.62. The molecular weight excluding hydrogens is 310 g/mol. The zero-order valence-corrected chi connectivity index (χ0v) is 14.2. The first-order chi connectivity index (χ1) is 11.5. The number of phenols is 1. The second-order valence-corrected chi connectivity index (χ2v) is 7.81. The summed E-state index contributed by atoms with van der Waals surface area (Å²) in [6.07, 6.45) is 4.68. The first kappa shape index (κ1) is 16.1. The predicted octanol–water partition coefficient (Wildman–Crippen LogP) is 3.76. The molecule has 0 radical (unpaired) electrons. The summed E-state index contributed by atoms with van der Waals surface area (Å²) in [5, 5.41) is 13.1. The number of hydrogen-bond acceptors (Lipinski definition) is 3. The van der Waals surface area contributed by atoms with Crippen molar-refractivity contribution in [3.8, 4) is 5.75 Å². The number of anilines is 1. The van der Waals surface area contributed by atoms with Crippen molar-refractivity contribution in [2.24, 2.45) is 5.92 Å². The van der Waals surface area contributed by atoms with E-state index in [1.165, 1.54) is 36.8 Å². The van der Waals surface area contributed by atoms with Gasteiger partial charge in [0, 0.05) is 11.5 Å². The number of halogens is 2. The van der Waals surface area contributed by atoms with Crippen LogP contribution in [-0.4, -0.2) is 42.6 Å². The first-order valence-corrected chi connectivity index (χ1v) is 9.10. The molecule has 0 amide bonds. The van der Waals surface area contributed by atoms with E-state index < -0.39 is 13.0 Å². The quantitative estimate of drug-likeness (QED) is 0.825. The third-order valence-electron chi connectivity index (χ3n) is 6.67. The third kappa shape index (κ3) is 2.40. The molecule has 1 saturated carbocycles. The van der Waals surface area contributed by atoms with Crippen molar-refractivity contribution in [1.29, 1.82) is 0 Å². The van der Waals surface area contributed by atoms with E-state index in [0.29, 0.717) is 17.6 Å². The Morgan fingerprint density at radius 1 is 1.33 bits per heavy atom. The van der Waals surface area contributed by atoms with Gasteiger partial charge in [-0.1, -0.05) is 12.8 Å². The number of hydrogen-bond donors (Lipinski definition) is 2. The van der Waals surface area contributed by atoms with Crippen LogP contribution < -0.4 is 5.32 Å². The van der Waals surface area contributed by atoms with E-state index in [1.807, 2.05) is 12.1 Å². The fourth-order valence-corrected chi connectivity index (χ4v) is 5.57. The SMILES string of the molecule is CN1CC[C@]23CCCC[C@H]2[C@@H]1Cc1cc(NCC(F)F)c(O)cc13. The maximum atomic E-state index is 12.5. The van der Waals surface area contributed by atoms with E-state index in [4.69, 9.17) is 0 Å². The van der Waals surface area contributed by atoms with Crippen LogP contribution in [-0.2, 0) is 11.8 Å². The Balaban J connectivity index is 1.76. The van der Waals surface area contributed by atoms with Gasteiger partial charge >= 0.3 is 0 Å². The lowest BCUT2D eigenvalue weighted by atomic mass is 9.52. The molecule has 0 spiro atoms. The monoisotopic (exact) mass is 336 g/mol. The van der Waals surface area contributed by atoms with Gasteiger partial charge in [-0.2, -0.15) is 0 Å². The van der Waals surface area contributed by atoms with E-state index in [2.05, 4.69) is 17.3 Å². The van der Waals surface area contributed by atoms with Crippen LogP contribution in [0.2, 0.25) is 0 Å². The average molecular weight is 336 g/mol.